The Kier molecular flexibility index (Phi) is 6.09. The summed E-state index contributed by atoms with van der Waals surface area (Å²) in [5, 5.41) is 20.6. The van der Waals surface area contributed by atoms with Crippen LogP contribution in [0.25, 0.3) is 0 Å². The highest BCUT2D eigenvalue weighted by Crippen LogP contribution is 2.44. The van der Waals surface area contributed by atoms with E-state index in [-0.39, 0.29) is 17.4 Å². The minimum atomic E-state index is -0.612. The van der Waals surface area contributed by atoms with Gasteiger partial charge in [-0.25, -0.2) is 4.39 Å². The first-order valence-corrected chi connectivity index (χ1v) is 12.1. The molecule has 4 unspecified atom stereocenters. The molecule has 0 saturated carbocycles. The van der Waals surface area contributed by atoms with Crippen LogP contribution in [-0.2, 0) is 15.3 Å². The second-order valence-electron chi connectivity index (χ2n) is 8.64. The molecule has 5 rings (SSSR count). The Morgan fingerprint density at radius 3 is 2.62 bits per heavy atom. The van der Waals surface area contributed by atoms with E-state index >= 15 is 0 Å². The fourth-order valence-corrected chi connectivity index (χ4v) is 5.95. The third kappa shape index (κ3) is 4.30. The van der Waals surface area contributed by atoms with E-state index in [0.717, 1.165) is 17.7 Å². The predicted octanol–water partition coefficient (Wildman–Crippen LogP) is 3.31. The summed E-state index contributed by atoms with van der Waals surface area (Å²) in [7, 11) is 0. The van der Waals surface area contributed by atoms with E-state index in [0.29, 0.717) is 29.7 Å². The quantitative estimate of drug-likeness (QED) is 0.443. The number of carbonyl (C=O) groups is 2. The number of hydrogen-bond donors (Lipinski definition) is 3. The first-order chi connectivity index (χ1) is 16.4. The van der Waals surface area contributed by atoms with Gasteiger partial charge in [0.15, 0.2) is 5.78 Å². The zero-order valence-corrected chi connectivity index (χ0v) is 18.9. The summed E-state index contributed by atoms with van der Waals surface area (Å²) in [6.07, 6.45) is 1.45. The average molecular weight is 483 g/mol. The molecular formula is C24H23FN4O4S. The Bertz CT molecular complexity index is 1190. The number of halogens is 1. The molecule has 1 amide bonds. The molecule has 2 heterocycles. The van der Waals surface area contributed by atoms with Crippen molar-refractivity contribution in [2.45, 2.75) is 42.6 Å². The van der Waals surface area contributed by atoms with Crippen molar-refractivity contribution in [1.29, 1.82) is 0 Å². The number of carbonyl (C=O) groups excluding carboxylic acids is 2. The van der Waals surface area contributed by atoms with E-state index in [4.69, 9.17) is 0 Å². The van der Waals surface area contributed by atoms with Crippen LogP contribution < -0.4 is 16.0 Å². The number of benzene rings is 2. The standard InChI is InChI=1S/C24H23FN4O4S/c25-15-4-1-3-14(11-15)19-20-17(5-2-6-18(20)30)26-22-21(19)23(31)28-24(27-22)34-12-13-7-9-16(10-8-13)29(32)33/h1,3-4,7-11,19,21-22,24,26-27H,2,5-6,12H2,(H,28,31). The molecule has 34 heavy (non-hydrogen) atoms. The maximum atomic E-state index is 14.1. The second kappa shape index (κ2) is 9.19. The Balaban J connectivity index is 1.38. The number of Topliss-reactive ketones (excluding diaryl/α,β-unsaturated/α-hetero) is 1. The molecule has 0 radical (unpaired) electrons. The first kappa shape index (κ1) is 22.5. The minimum Gasteiger partial charge on any atom is -0.372 e. The van der Waals surface area contributed by atoms with Crippen molar-refractivity contribution in [2.24, 2.45) is 5.92 Å². The predicted molar refractivity (Wildman–Crippen MR) is 125 cm³/mol. The molecule has 1 saturated heterocycles. The zero-order valence-electron chi connectivity index (χ0n) is 18.1. The van der Waals surface area contributed by atoms with Crippen LogP contribution in [0.4, 0.5) is 10.1 Å². The Hall–Kier alpha value is -3.24. The summed E-state index contributed by atoms with van der Waals surface area (Å²) in [4.78, 5) is 36.6. The molecule has 176 valence electrons. The molecule has 8 nitrogen and oxygen atoms in total. The summed E-state index contributed by atoms with van der Waals surface area (Å²) < 4.78 is 14.1. The normalized spacial score (nSPS) is 26.3. The minimum absolute atomic E-state index is 0.00364. The topological polar surface area (TPSA) is 113 Å². The van der Waals surface area contributed by atoms with E-state index in [2.05, 4.69) is 16.0 Å². The van der Waals surface area contributed by atoms with Crippen molar-refractivity contribution in [3.8, 4) is 0 Å². The largest absolute Gasteiger partial charge is 0.372 e. The highest BCUT2D eigenvalue weighted by atomic mass is 32.2. The average Bonchev–Trinajstić information content (AvgIpc) is 2.82. The molecule has 0 bridgehead atoms. The monoisotopic (exact) mass is 482 g/mol. The van der Waals surface area contributed by atoms with Crippen molar-refractivity contribution in [3.63, 3.8) is 0 Å². The van der Waals surface area contributed by atoms with Gasteiger partial charge in [0.1, 0.15) is 11.3 Å². The lowest BCUT2D eigenvalue weighted by Crippen LogP contribution is -2.67. The summed E-state index contributed by atoms with van der Waals surface area (Å²) in [6, 6.07) is 12.4. The Morgan fingerprint density at radius 1 is 1.09 bits per heavy atom. The molecule has 1 fully saturated rings. The Morgan fingerprint density at radius 2 is 1.88 bits per heavy atom. The van der Waals surface area contributed by atoms with Gasteiger partial charge in [-0.05, 0) is 36.1 Å². The van der Waals surface area contributed by atoms with Crippen LogP contribution in [0.1, 0.15) is 36.3 Å². The van der Waals surface area contributed by atoms with E-state index in [1.54, 1.807) is 24.3 Å². The van der Waals surface area contributed by atoms with Gasteiger partial charge in [-0.1, -0.05) is 24.3 Å². The van der Waals surface area contributed by atoms with Crippen LogP contribution in [0.15, 0.2) is 59.8 Å². The number of nitro groups is 1. The molecule has 0 aromatic heterocycles. The number of non-ortho nitro benzene ring substituents is 1. The molecule has 3 aliphatic rings. The van der Waals surface area contributed by atoms with Crippen molar-refractivity contribution >= 4 is 29.1 Å². The van der Waals surface area contributed by atoms with Gasteiger partial charge < -0.3 is 10.6 Å². The van der Waals surface area contributed by atoms with Crippen LogP contribution in [0, 0.1) is 21.8 Å². The molecule has 10 heteroatoms. The van der Waals surface area contributed by atoms with Crippen molar-refractivity contribution in [3.05, 3.63) is 86.9 Å². The lowest BCUT2D eigenvalue weighted by molar-refractivity contribution is -0.384. The number of rotatable bonds is 5. The smallest absolute Gasteiger partial charge is 0.269 e. The van der Waals surface area contributed by atoms with Crippen molar-refractivity contribution in [1.82, 2.24) is 16.0 Å². The van der Waals surface area contributed by atoms with Gasteiger partial charge in [0.2, 0.25) is 5.91 Å². The fourth-order valence-electron chi connectivity index (χ4n) is 4.96. The number of nitrogens with one attached hydrogen (secondary N) is 3. The van der Waals surface area contributed by atoms with E-state index in [1.807, 2.05) is 0 Å². The summed E-state index contributed by atoms with van der Waals surface area (Å²) >= 11 is 1.46. The summed E-state index contributed by atoms with van der Waals surface area (Å²) in [5.41, 5.74) is 2.56. The van der Waals surface area contributed by atoms with Crippen LogP contribution >= 0.6 is 11.8 Å². The van der Waals surface area contributed by atoms with Crippen molar-refractivity contribution < 1.29 is 18.9 Å². The van der Waals surface area contributed by atoms with E-state index < -0.39 is 34.2 Å². The van der Waals surface area contributed by atoms with E-state index in [9.17, 15) is 24.1 Å². The maximum absolute atomic E-state index is 14.1. The summed E-state index contributed by atoms with van der Waals surface area (Å²) in [5.74, 6) is -1.22. The van der Waals surface area contributed by atoms with Gasteiger partial charge in [0.05, 0.1) is 17.0 Å². The lowest BCUT2D eigenvalue weighted by atomic mass is 9.70. The van der Waals surface area contributed by atoms with Crippen LogP contribution in [0.5, 0.6) is 0 Å². The number of allylic oxidation sites excluding steroid dienone is 2. The number of fused-ring (bicyclic) bond motifs is 1. The number of nitrogens with zero attached hydrogens (tertiary/aromatic N) is 1. The lowest BCUT2D eigenvalue weighted by Gasteiger charge is -2.47. The highest BCUT2D eigenvalue weighted by Gasteiger charge is 2.49. The first-order valence-electron chi connectivity index (χ1n) is 11.1. The van der Waals surface area contributed by atoms with Gasteiger partial charge in [0, 0.05) is 41.5 Å². The Labute approximate surface area is 199 Å². The summed E-state index contributed by atoms with van der Waals surface area (Å²) in [6.45, 7) is 0. The van der Waals surface area contributed by atoms with Crippen LogP contribution in [0.3, 0.4) is 0 Å². The number of nitro benzene ring substituents is 1. The van der Waals surface area contributed by atoms with Gasteiger partial charge in [-0.2, -0.15) is 0 Å². The highest BCUT2D eigenvalue weighted by molar-refractivity contribution is 7.99. The van der Waals surface area contributed by atoms with Crippen molar-refractivity contribution in [2.75, 3.05) is 0 Å². The molecule has 2 aliphatic heterocycles. The molecule has 1 aliphatic carbocycles. The number of amides is 1. The SMILES string of the molecule is O=C1CCCC2=C1C(c1cccc(F)c1)C1C(=O)NC(SCc3ccc([N+](=O)[O-])cc3)NC1N2. The maximum Gasteiger partial charge on any atom is 0.269 e. The molecular weight excluding hydrogens is 459 g/mol. The van der Waals surface area contributed by atoms with Gasteiger partial charge in [-0.3, -0.25) is 25.0 Å². The van der Waals surface area contributed by atoms with E-state index in [1.165, 1.54) is 36.0 Å². The molecule has 2 aromatic rings. The van der Waals surface area contributed by atoms with Crippen LogP contribution in [0.2, 0.25) is 0 Å². The van der Waals surface area contributed by atoms with Gasteiger partial charge >= 0.3 is 0 Å². The third-order valence-electron chi connectivity index (χ3n) is 6.49. The number of hydrogen-bond acceptors (Lipinski definition) is 7. The molecule has 2 aromatic carbocycles. The third-order valence-corrected chi connectivity index (χ3v) is 7.58. The molecule has 3 N–H and O–H groups in total. The van der Waals surface area contributed by atoms with Gasteiger partial charge in [0.25, 0.3) is 5.69 Å². The molecule has 4 atom stereocenters. The number of thioether (sulfide) groups is 1. The zero-order chi connectivity index (χ0) is 23.8. The number of ketones is 1. The molecule has 0 spiro atoms. The van der Waals surface area contributed by atoms with Crippen LogP contribution in [-0.4, -0.2) is 28.3 Å². The van der Waals surface area contributed by atoms with Gasteiger partial charge in [-0.15, -0.1) is 11.8 Å². The fraction of sp³-hybridized carbons (Fsp3) is 0.333. The second-order valence-corrected chi connectivity index (χ2v) is 9.73.